The van der Waals surface area contributed by atoms with E-state index in [4.69, 9.17) is 9.84 Å². The number of carboxylic acid groups (broad SMARTS) is 1. The molecular weight excluding hydrogens is 394 g/mol. The second-order valence-corrected chi connectivity index (χ2v) is 6.46. The van der Waals surface area contributed by atoms with Crippen molar-refractivity contribution in [1.29, 1.82) is 5.26 Å². The maximum Gasteiger partial charge on any atom is 0.341 e. The lowest BCUT2D eigenvalue weighted by Gasteiger charge is -2.07. The maximum absolute atomic E-state index is 10.6. The maximum atomic E-state index is 10.6. The van der Waals surface area contributed by atoms with E-state index in [-0.39, 0.29) is 0 Å². The van der Waals surface area contributed by atoms with Crippen molar-refractivity contribution < 1.29 is 14.6 Å². The van der Waals surface area contributed by atoms with E-state index in [2.05, 4.69) is 22.0 Å². The third kappa shape index (κ3) is 4.11. The minimum Gasteiger partial charge on any atom is -0.481 e. The van der Waals surface area contributed by atoms with Crippen molar-refractivity contribution in [1.82, 2.24) is 0 Å². The van der Waals surface area contributed by atoms with Gasteiger partial charge in [0.05, 0.1) is 16.1 Å². The minimum atomic E-state index is -1.04. The second-order valence-electron chi connectivity index (χ2n) is 5.60. The number of hydrogen-bond donors (Lipinski definition) is 1. The average molecular weight is 408 g/mol. The van der Waals surface area contributed by atoms with Gasteiger partial charge in [0.2, 0.25) is 0 Å². The molecule has 26 heavy (non-hydrogen) atoms. The SMILES string of the molecule is N#C/C(=C/c1ccc(OCC(=O)O)c(Br)c1)c1ccc2ccccc2c1. The first-order valence-corrected chi connectivity index (χ1v) is 8.61. The van der Waals surface area contributed by atoms with Gasteiger partial charge in [-0.25, -0.2) is 4.79 Å². The number of benzene rings is 3. The quantitative estimate of drug-likeness (QED) is 0.469. The van der Waals surface area contributed by atoms with Crippen molar-refractivity contribution in [3.8, 4) is 11.8 Å². The van der Waals surface area contributed by atoms with E-state index in [1.165, 1.54) is 0 Å². The summed E-state index contributed by atoms with van der Waals surface area (Å²) in [7, 11) is 0. The molecule has 0 aliphatic heterocycles. The normalized spacial score (nSPS) is 11.2. The van der Waals surface area contributed by atoms with Crippen molar-refractivity contribution in [2.75, 3.05) is 6.61 Å². The Morgan fingerprint density at radius 1 is 1.12 bits per heavy atom. The van der Waals surface area contributed by atoms with Gasteiger partial charge in [-0.2, -0.15) is 5.26 Å². The van der Waals surface area contributed by atoms with Crippen molar-refractivity contribution in [2.24, 2.45) is 0 Å². The zero-order chi connectivity index (χ0) is 18.5. The Morgan fingerprint density at radius 2 is 1.88 bits per heavy atom. The largest absolute Gasteiger partial charge is 0.481 e. The Hall–Kier alpha value is -3.10. The van der Waals surface area contributed by atoms with Crippen LogP contribution >= 0.6 is 15.9 Å². The Morgan fingerprint density at radius 3 is 2.58 bits per heavy atom. The summed E-state index contributed by atoms with van der Waals surface area (Å²) in [5.74, 6) is -0.599. The standard InChI is InChI=1S/C21H14BrNO3/c22-19-10-14(5-8-20(19)26-13-21(24)25)9-18(12-23)17-7-6-15-3-1-2-4-16(15)11-17/h1-11H,13H2,(H,24,25)/b18-9-. The molecule has 0 saturated carbocycles. The summed E-state index contributed by atoms with van der Waals surface area (Å²) in [4.78, 5) is 10.6. The van der Waals surface area contributed by atoms with Crippen molar-refractivity contribution in [3.05, 3.63) is 76.3 Å². The molecule has 0 aliphatic carbocycles. The number of nitrogens with zero attached hydrogens (tertiary/aromatic N) is 1. The van der Waals surface area contributed by atoms with Crippen LogP contribution in [0.15, 0.2) is 65.1 Å². The molecule has 0 bridgehead atoms. The highest BCUT2D eigenvalue weighted by molar-refractivity contribution is 9.10. The van der Waals surface area contributed by atoms with Crippen LogP contribution in [0.5, 0.6) is 5.75 Å². The van der Waals surface area contributed by atoms with Gasteiger partial charge in [0, 0.05) is 0 Å². The van der Waals surface area contributed by atoms with Gasteiger partial charge in [-0.1, -0.05) is 42.5 Å². The van der Waals surface area contributed by atoms with Crippen LogP contribution in [0.1, 0.15) is 11.1 Å². The lowest BCUT2D eigenvalue weighted by molar-refractivity contribution is -0.139. The molecule has 0 spiro atoms. The molecule has 0 amide bonds. The molecule has 4 nitrogen and oxygen atoms in total. The molecule has 1 N–H and O–H groups in total. The van der Waals surface area contributed by atoms with Crippen LogP contribution in [0.3, 0.4) is 0 Å². The van der Waals surface area contributed by atoms with Crippen LogP contribution in [0.25, 0.3) is 22.4 Å². The lowest BCUT2D eigenvalue weighted by Crippen LogP contribution is -2.09. The summed E-state index contributed by atoms with van der Waals surface area (Å²) in [6.07, 6.45) is 1.79. The number of halogens is 1. The van der Waals surface area contributed by atoms with Gasteiger partial charge < -0.3 is 9.84 Å². The molecule has 3 aromatic carbocycles. The summed E-state index contributed by atoms with van der Waals surface area (Å²) in [6, 6.07) is 21.4. The van der Waals surface area contributed by atoms with Gasteiger partial charge in [0.1, 0.15) is 5.75 Å². The number of rotatable bonds is 5. The van der Waals surface area contributed by atoms with Crippen LogP contribution in [0.2, 0.25) is 0 Å². The molecular formula is C21H14BrNO3. The van der Waals surface area contributed by atoms with Gasteiger partial charge in [-0.15, -0.1) is 0 Å². The van der Waals surface area contributed by atoms with Crippen molar-refractivity contribution in [2.45, 2.75) is 0 Å². The van der Waals surface area contributed by atoms with Crippen LogP contribution < -0.4 is 4.74 Å². The van der Waals surface area contributed by atoms with Gasteiger partial charge >= 0.3 is 5.97 Å². The zero-order valence-corrected chi connectivity index (χ0v) is 15.2. The van der Waals surface area contributed by atoms with Gasteiger partial charge in [0.15, 0.2) is 6.61 Å². The highest BCUT2D eigenvalue weighted by Gasteiger charge is 2.07. The van der Waals surface area contributed by atoms with E-state index in [0.717, 1.165) is 21.9 Å². The fourth-order valence-electron chi connectivity index (χ4n) is 2.57. The van der Waals surface area contributed by atoms with E-state index >= 15 is 0 Å². The number of fused-ring (bicyclic) bond motifs is 1. The molecule has 0 saturated heterocycles. The predicted octanol–water partition coefficient (Wildman–Crippen LogP) is 5.13. The highest BCUT2D eigenvalue weighted by atomic mass is 79.9. The molecule has 0 aliphatic rings. The lowest BCUT2D eigenvalue weighted by atomic mass is 10.0. The number of allylic oxidation sites excluding steroid dienone is 1. The average Bonchev–Trinajstić information content (AvgIpc) is 2.65. The molecule has 3 rings (SSSR count). The first kappa shape index (κ1) is 17.7. The molecule has 0 heterocycles. The zero-order valence-electron chi connectivity index (χ0n) is 13.6. The highest BCUT2D eigenvalue weighted by Crippen LogP contribution is 2.28. The van der Waals surface area contributed by atoms with E-state index in [0.29, 0.717) is 15.8 Å². The first-order chi connectivity index (χ1) is 12.6. The van der Waals surface area contributed by atoms with Gasteiger partial charge in [-0.05, 0) is 62.1 Å². The monoisotopic (exact) mass is 407 g/mol. The van der Waals surface area contributed by atoms with Gasteiger partial charge in [0.25, 0.3) is 0 Å². The molecule has 0 fully saturated rings. The Labute approximate surface area is 159 Å². The van der Waals surface area contributed by atoms with Crippen LogP contribution in [0, 0.1) is 11.3 Å². The third-order valence-electron chi connectivity index (χ3n) is 3.80. The van der Waals surface area contributed by atoms with Crippen molar-refractivity contribution in [3.63, 3.8) is 0 Å². The van der Waals surface area contributed by atoms with E-state index in [9.17, 15) is 10.1 Å². The number of hydrogen-bond acceptors (Lipinski definition) is 3. The summed E-state index contributed by atoms with van der Waals surface area (Å²) >= 11 is 3.37. The summed E-state index contributed by atoms with van der Waals surface area (Å²) in [5, 5.41) is 20.4. The number of carboxylic acids is 1. The van der Waals surface area contributed by atoms with Crippen LogP contribution in [0.4, 0.5) is 0 Å². The molecule has 0 radical (unpaired) electrons. The first-order valence-electron chi connectivity index (χ1n) is 7.82. The van der Waals surface area contributed by atoms with Crippen molar-refractivity contribution >= 4 is 44.3 Å². The Balaban J connectivity index is 1.92. The summed E-state index contributed by atoms with van der Waals surface area (Å²) in [5.41, 5.74) is 2.19. The second kappa shape index (κ2) is 7.85. The van der Waals surface area contributed by atoms with E-state index < -0.39 is 12.6 Å². The smallest absolute Gasteiger partial charge is 0.341 e. The fraction of sp³-hybridized carbons (Fsp3) is 0.0476. The molecule has 128 valence electrons. The number of aliphatic carboxylic acids is 1. The number of ether oxygens (including phenoxy) is 1. The molecule has 0 unspecified atom stereocenters. The molecule has 5 heteroatoms. The Kier molecular flexibility index (Phi) is 5.35. The predicted molar refractivity (Wildman–Crippen MR) is 105 cm³/mol. The summed E-state index contributed by atoms with van der Waals surface area (Å²) < 4.78 is 5.81. The van der Waals surface area contributed by atoms with Gasteiger partial charge in [-0.3, -0.25) is 0 Å². The molecule has 0 atom stereocenters. The number of nitriles is 1. The Bertz CT molecular complexity index is 1050. The minimum absolute atomic E-state index is 0.408. The van der Waals surface area contributed by atoms with E-state index in [1.54, 1.807) is 24.3 Å². The topological polar surface area (TPSA) is 70.3 Å². The molecule has 0 aromatic heterocycles. The molecule has 3 aromatic rings. The summed E-state index contributed by atoms with van der Waals surface area (Å²) in [6.45, 7) is -0.408. The van der Waals surface area contributed by atoms with E-state index in [1.807, 2.05) is 42.5 Å². The van der Waals surface area contributed by atoms with Crippen LogP contribution in [-0.4, -0.2) is 17.7 Å². The van der Waals surface area contributed by atoms with Crippen LogP contribution in [-0.2, 0) is 4.79 Å². The number of carbonyl (C=O) groups is 1. The fourth-order valence-corrected chi connectivity index (χ4v) is 3.08. The third-order valence-corrected chi connectivity index (χ3v) is 4.42.